The predicted octanol–water partition coefficient (Wildman–Crippen LogP) is 3.85. The summed E-state index contributed by atoms with van der Waals surface area (Å²) in [4.78, 5) is 28.0. The third-order valence-corrected chi connectivity index (χ3v) is 8.94. The van der Waals surface area contributed by atoms with Crippen molar-refractivity contribution in [3.8, 4) is 0 Å². The number of hydrogen-bond acceptors (Lipinski definition) is 5. The molecule has 2 atom stereocenters. The molecule has 2 aromatic carbocycles. The van der Waals surface area contributed by atoms with Crippen molar-refractivity contribution in [1.82, 2.24) is 4.90 Å². The molecule has 1 aliphatic heterocycles. The van der Waals surface area contributed by atoms with Crippen molar-refractivity contribution < 1.29 is 35.6 Å². The lowest BCUT2D eigenvalue weighted by atomic mass is 9.74. The van der Waals surface area contributed by atoms with Gasteiger partial charge in [-0.1, -0.05) is 12.1 Å². The van der Waals surface area contributed by atoms with E-state index >= 15 is 4.39 Å². The summed E-state index contributed by atoms with van der Waals surface area (Å²) >= 11 is 1.34. The molecule has 4 rings (SSSR count). The van der Waals surface area contributed by atoms with E-state index in [1.807, 2.05) is 0 Å². The zero-order chi connectivity index (χ0) is 26.5. The predicted molar refractivity (Wildman–Crippen MR) is 127 cm³/mol. The van der Waals surface area contributed by atoms with Gasteiger partial charge in [0.25, 0.3) is 5.91 Å². The normalized spacial score (nSPS) is 21.8. The van der Waals surface area contributed by atoms with Crippen molar-refractivity contribution in [2.75, 3.05) is 24.3 Å². The van der Waals surface area contributed by atoms with Crippen LogP contribution in [-0.2, 0) is 20.8 Å². The Morgan fingerprint density at radius 1 is 1.17 bits per heavy atom. The summed E-state index contributed by atoms with van der Waals surface area (Å²) in [7, 11) is -3.63. The maximum atomic E-state index is 15.2. The molecule has 1 saturated heterocycles. The first-order valence-corrected chi connectivity index (χ1v) is 14.2. The van der Waals surface area contributed by atoms with Gasteiger partial charge in [-0.3, -0.25) is 9.59 Å². The minimum Gasteiger partial charge on any atom is -0.368 e. The van der Waals surface area contributed by atoms with Crippen LogP contribution >= 0.6 is 11.8 Å². The molecule has 2 fully saturated rings. The Balaban J connectivity index is 1.84. The minimum absolute atomic E-state index is 0.0119. The summed E-state index contributed by atoms with van der Waals surface area (Å²) in [5.74, 6) is -3.42. The van der Waals surface area contributed by atoms with Crippen molar-refractivity contribution in [3.05, 3.63) is 65.0 Å². The van der Waals surface area contributed by atoms with Gasteiger partial charge in [-0.25, -0.2) is 12.8 Å². The fraction of sp³-hybridized carbons (Fsp3) is 0.417. The number of sulfone groups is 1. The van der Waals surface area contributed by atoms with E-state index in [-0.39, 0.29) is 34.2 Å². The van der Waals surface area contributed by atoms with E-state index in [0.717, 1.165) is 18.4 Å². The van der Waals surface area contributed by atoms with Crippen molar-refractivity contribution in [2.24, 2.45) is 11.7 Å². The van der Waals surface area contributed by atoms with Gasteiger partial charge in [0.15, 0.2) is 9.84 Å². The number of nitrogens with zero attached hydrogens (tertiary/aromatic N) is 1. The maximum absolute atomic E-state index is 15.2. The number of halogens is 4. The van der Waals surface area contributed by atoms with E-state index < -0.39 is 50.7 Å². The van der Waals surface area contributed by atoms with Crippen molar-refractivity contribution >= 4 is 33.4 Å². The molecule has 0 aromatic heterocycles. The molecule has 2 N–H and O–H groups in total. The van der Waals surface area contributed by atoms with Crippen LogP contribution in [0, 0.1) is 11.7 Å². The van der Waals surface area contributed by atoms with Gasteiger partial charge in [0.05, 0.1) is 10.5 Å². The third kappa shape index (κ3) is 4.84. The Hall–Kier alpha value is -2.60. The molecule has 36 heavy (non-hydrogen) atoms. The Bertz CT molecular complexity index is 1310. The first kappa shape index (κ1) is 26.5. The van der Waals surface area contributed by atoms with E-state index in [4.69, 9.17) is 5.73 Å². The van der Waals surface area contributed by atoms with Gasteiger partial charge in [0.2, 0.25) is 5.91 Å². The number of carbonyl (C=O) groups excluding carboxylic acids is 2. The molecule has 6 nitrogen and oxygen atoms in total. The van der Waals surface area contributed by atoms with E-state index in [1.165, 1.54) is 40.9 Å². The number of rotatable bonds is 6. The zero-order valence-electron chi connectivity index (χ0n) is 19.2. The second-order valence-corrected chi connectivity index (χ2v) is 12.3. The van der Waals surface area contributed by atoms with Crippen molar-refractivity contribution in [2.45, 2.75) is 35.4 Å². The van der Waals surface area contributed by atoms with E-state index in [0.29, 0.717) is 24.7 Å². The van der Waals surface area contributed by atoms with Crippen LogP contribution in [0.4, 0.5) is 17.6 Å². The van der Waals surface area contributed by atoms with Crippen LogP contribution in [0.15, 0.2) is 47.4 Å². The molecule has 1 aliphatic carbocycles. The van der Waals surface area contributed by atoms with Gasteiger partial charge < -0.3 is 10.6 Å². The van der Waals surface area contributed by atoms with Gasteiger partial charge in [-0.15, -0.1) is 0 Å². The summed E-state index contributed by atoms with van der Waals surface area (Å²) in [5, 5.41) is 0. The summed E-state index contributed by atoms with van der Waals surface area (Å²) < 4.78 is 78.7. The second kappa shape index (κ2) is 9.37. The fourth-order valence-corrected chi connectivity index (χ4v) is 6.77. The van der Waals surface area contributed by atoms with Crippen molar-refractivity contribution in [3.63, 3.8) is 0 Å². The number of carbonyl (C=O) groups is 2. The molecule has 194 valence electrons. The van der Waals surface area contributed by atoms with Gasteiger partial charge in [0.1, 0.15) is 11.4 Å². The standard InChI is InChI=1S/C24H24F4N2O4S2/c1-36(33,34)17-4-2-3-15(11-17)21(31)30-9-10-35-13-23(30,22(29)32)20(14-5-6-14)18-8-7-16(12-19(18)25)24(26,27)28/h2-4,7-8,11-12,14,20H,5-6,9-10,13H2,1H3,(H2,29,32)/t20-,23?/m1/s1. The molecule has 0 bridgehead atoms. The van der Waals surface area contributed by atoms with E-state index in [1.54, 1.807) is 0 Å². The first-order valence-electron chi connectivity index (χ1n) is 11.1. The molecule has 2 aliphatic rings. The molecule has 1 saturated carbocycles. The van der Waals surface area contributed by atoms with Crippen LogP contribution in [0.3, 0.4) is 0 Å². The molecular weight excluding hydrogens is 520 g/mol. The molecule has 1 unspecified atom stereocenters. The lowest BCUT2D eigenvalue weighted by Crippen LogP contribution is -2.67. The Morgan fingerprint density at radius 2 is 1.86 bits per heavy atom. The van der Waals surface area contributed by atoms with Gasteiger partial charge in [0, 0.05) is 35.8 Å². The number of thioether (sulfide) groups is 1. The molecular formula is C24H24F4N2O4S2. The largest absolute Gasteiger partial charge is 0.416 e. The molecule has 2 aromatic rings. The number of primary amides is 1. The summed E-state index contributed by atoms with van der Waals surface area (Å²) in [6.45, 7) is 0.0705. The van der Waals surface area contributed by atoms with E-state index in [2.05, 4.69) is 0 Å². The van der Waals surface area contributed by atoms with Crippen LogP contribution in [-0.4, -0.2) is 55.0 Å². The Labute approximate surface area is 210 Å². The summed E-state index contributed by atoms with van der Waals surface area (Å²) in [6.07, 6.45) is -2.56. The molecule has 0 spiro atoms. The minimum atomic E-state index is -4.75. The SMILES string of the molecule is CS(=O)(=O)c1cccc(C(=O)N2CCSCC2(C(N)=O)[C@@H](c2ccc(C(F)(F)F)cc2F)C2CC2)c1. The highest BCUT2D eigenvalue weighted by molar-refractivity contribution is 7.99. The third-order valence-electron chi connectivity index (χ3n) is 6.71. The molecule has 0 radical (unpaired) electrons. The lowest BCUT2D eigenvalue weighted by molar-refractivity contribution is -0.138. The van der Waals surface area contributed by atoms with Crippen LogP contribution in [0.5, 0.6) is 0 Å². The van der Waals surface area contributed by atoms with Crippen LogP contribution in [0.25, 0.3) is 0 Å². The monoisotopic (exact) mass is 544 g/mol. The van der Waals surface area contributed by atoms with Gasteiger partial charge in [-0.05, 0) is 54.7 Å². The summed E-state index contributed by atoms with van der Waals surface area (Å²) in [5.41, 5.74) is 2.95. The van der Waals surface area contributed by atoms with Gasteiger partial charge in [-0.2, -0.15) is 24.9 Å². The number of nitrogens with two attached hydrogens (primary N) is 1. The average Bonchev–Trinajstić information content (AvgIpc) is 3.64. The molecule has 1 heterocycles. The Kier molecular flexibility index (Phi) is 6.89. The molecule has 12 heteroatoms. The number of hydrogen-bond donors (Lipinski definition) is 1. The topological polar surface area (TPSA) is 97.5 Å². The average molecular weight is 545 g/mol. The van der Waals surface area contributed by atoms with E-state index in [9.17, 15) is 31.2 Å². The van der Waals surface area contributed by atoms with Gasteiger partial charge >= 0.3 is 6.18 Å². The number of amides is 2. The quantitative estimate of drug-likeness (QED) is 0.558. The Morgan fingerprint density at radius 3 is 2.42 bits per heavy atom. The molecule has 2 amide bonds. The number of alkyl halides is 3. The smallest absolute Gasteiger partial charge is 0.368 e. The first-order chi connectivity index (χ1) is 16.8. The zero-order valence-corrected chi connectivity index (χ0v) is 20.9. The lowest BCUT2D eigenvalue weighted by Gasteiger charge is -2.49. The van der Waals surface area contributed by atoms with Crippen LogP contribution in [0.2, 0.25) is 0 Å². The maximum Gasteiger partial charge on any atom is 0.416 e. The highest BCUT2D eigenvalue weighted by Crippen LogP contribution is 2.53. The highest BCUT2D eigenvalue weighted by atomic mass is 32.2. The summed E-state index contributed by atoms with van der Waals surface area (Å²) in [6, 6.07) is 7.55. The second-order valence-electron chi connectivity index (χ2n) is 9.15. The van der Waals surface area contributed by atoms with Crippen molar-refractivity contribution in [1.29, 1.82) is 0 Å². The number of benzene rings is 2. The fourth-order valence-electron chi connectivity index (χ4n) is 4.86. The van der Waals surface area contributed by atoms with Crippen LogP contribution in [0.1, 0.15) is 40.2 Å². The highest BCUT2D eigenvalue weighted by Gasteiger charge is 2.58. The van der Waals surface area contributed by atoms with Crippen LogP contribution < -0.4 is 5.73 Å².